The second-order valence-electron chi connectivity index (χ2n) is 7.04. The number of fused-ring (bicyclic) bond motifs is 1. The Balaban J connectivity index is 1.45. The van der Waals surface area contributed by atoms with Gasteiger partial charge in [-0.05, 0) is 25.3 Å². The summed E-state index contributed by atoms with van der Waals surface area (Å²) in [5.74, 6) is 0.832. The Kier molecular flexibility index (Phi) is 3.89. The maximum Gasteiger partial charge on any atom is 0.273 e. The normalized spacial score (nSPS) is 17.6. The lowest BCUT2D eigenvalue weighted by Crippen LogP contribution is -2.52. The van der Waals surface area contributed by atoms with Gasteiger partial charge in [-0.3, -0.25) is 14.8 Å². The quantitative estimate of drug-likeness (QED) is 0.682. The number of hydrogen-bond acceptors (Lipinski definition) is 6. The van der Waals surface area contributed by atoms with Crippen LogP contribution in [0.5, 0.6) is 5.75 Å². The zero-order valence-electron chi connectivity index (χ0n) is 14.7. The smallest absolute Gasteiger partial charge is 0.273 e. The summed E-state index contributed by atoms with van der Waals surface area (Å²) in [5, 5.41) is 2.51. The highest BCUT2D eigenvalue weighted by atomic mass is 32.1. The first-order valence-electron chi connectivity index (χ1n) is 9.01. The van der Waals surface area contributed by atoms with Gasteiger partial charge in [0.1, 0.15) is 27.7 Å². The average molecular weight is 378 g/mol. The highest BCUT2D eigenvalue weighted by Gasteiger charge is 2.44. The van der Waals surface area contributed by atoms with Crippen LogP contribution in [0.1, 0.15) is 35.3 Å². The first-order valence-corrected chi connectivity index (χ1v) is 9.89. The van der Waals surface area contributed by atoms with E-state index in [1.807, 2.05) is 29.2 Å². The second-order valence-corrected chi connectivity index (χ2v) is 7.89. The lowest BCUT2D eigenvalue weighted by atomic mass is 9.79. The van der Waals surface area contributed by atoms with Crippen LogP contribution in [0.25, 0.3) is 10.7 Å². The van der Waals surface area contributed by atoms with Crippen LogP contribution < -0.4 is 4.74 Å². The van der Waals surface area contributed by atoms with Gasteiger partial charge in [0, 0.05) is 29.9 Å². The SMILES string of the molecule is O=C(c1csc(-c2cnccn2)n1)N1Cc2ccccc2OC2(CCC2)C1. The molecule has 2 aromatic heterocycles. The van der Waals surface area contributed by atoms with E-state index in [-0.39, 0.29) is 11.5 Å². The Bertz CT molecular complexity index is 984. The molecule has 5 rings (SSSR count). The molecule has 1 saturated carbocycles. The topological polar surface area (TPSA) is 68.2 Å². The molecule has 6 nitrogen and oxygen atoms in total. The van der Waals surface area contributed by atoms with Gasteiger partial charge in [-0.1, -0.05) is 18.2 Å². The van der Waals surface area contributed by atoms with Crippen LogP contribution in [-0.2, 0) is 6.54 Å². The van der Waals surface area contributed by atoms with E-state index in [1.54, 1.807) is 24.0 Å². The molecule has 0 unspecified atom stereocenters. The number of amides is 1. The largest absolute Gasteiger partial charge is 0.485 e. The summed E-state index contributed by atoms with van der Waals surface area (Å²) in [4.78, 5) is 27.9. The molecule has 0 bridgehead atoms. The minimum absolute atomic E-state index is 0.0621. The third-order valence-corrected chi connectivity index (χ3v) is 6.06. The van der Waals surface area contributed by atoms with Crippen molar-refractivity contribution in [2.45, 2.75) is 31.4 Å². The standard InChI is InChI=1S/C20H18N4O2S/c25-19(16-12-27-18(23-16)15-10-21-8-9-22-15)24-11-14-4-1-2-5-17(14)26-20(13-24)6-3-7-20/h1-2,4-5,8-10,12H,3,6-7,11,13H2. The first-order chi connectivity index (χ1) is 13.2. The summed E-state index contributed by atoms with van der Waals surface area (Å²) in [6.07, 6.45) is 8.00. The molecular weight excluding hydrogens is 360 g/mol. The van der Waals surface area contributed by atoms with Crippen molar-refractivity contribution in [2.75, 3.05) is 6.54 Å². The van der Waals surface area contributed by atoms with Crippen LogP contribution in [-0.4, -0.2) is 37.9 Å². The number of thiazole rings is 1. The zero-order chi connectivity index (χ0) is 18.3. The van der Waals surface area contributed by atoms with E-state index in [1.165, 1.54) is 11.3 Å². The molecule has 1 fully saturated rings. The number of aromatic nitrogens is 3. The Morgan fingerprint density at radius 2 is 2.11 bits per heavy atom. The summed E-state index contributed by atoms with van der Waals surface area (Å²) >= 11 is 1.41. The molecule has 0 N–H and O–H groups in total. The molecule has 0 radical (unpaired) electrons. The highest BCUT2D eigenvalue weighted by molar-refractivity contribution is 7.13. The van der Waals surface area contributed by atoms with Crippen molar-refractivity contribution in [1.82, 2.24) is 19.9 Å². The highest BCUT2D eigenvalue weighted by Crippen LogP contribution is 2.41. The van der Waals surface area contributed by atoms with Crippen LogP contribution in [0.3, 0.4) is 0 Å². The van der Waals surface area contributed by atoms with Gasteiger partial charge in [-0.15, -0.1) is 11.3 Å². The number of carbonyl (C=O) groups excluding carboxylic acids is 1. The minimum Gasteiger partial charge on any atom is -0.485 e. The number of benzene rings is 1. The Hall–Kier alpha value is -2.80. The number of rotatable bonds is 2. The first kappa shape index (κ1) is 16.4. The van der Waals surface area contributed by atoms with E-state index in [9.17, 15) is 4.79 Å². The number of nitrogens with zero attached hydrogens (tertiary/aromatic N) is 4. The van der Waals surface area contributed by atoms with Gasteiger partial charge >= 0.3 is 0 Å². The van der Waals surface area contributed by atoms with E-state index in [0.717, 1.165) is 30.6 Å². The molecule has 27 heavy (non-hydrogen) atoms. The molecule has 1 spiro atoms. The number of hydrogen-bond donors (Lipinski definition) is 0. The fourth-order valence-electron chi connectivity index (χ4n) is 3.64. The van der Waals surface area contributed by atoms with E-state index in [4.69, 9.17) is 4.74 Å². The number of carbonyl (C=O) groups is 1. The van der Waals surface area contributed by atoms with Crippen LogP contribution in [0.2, 0.25) is 0 Å². The van der Waals surface area contributed by atoms with Crippen molar-refractivity contribution in [3.63, 3.8) is 0 Å². The molecule has 1 aliphatic heterocycles. The lowest BCUT2D eigenvalue weighted by molar-refractivity contribution is -0.0248. The van der Waals surface area contributed by atoms with Gasteiger partial charge < -0.3 is 9.64 Å². The molecule has 1 aromatic carbocycles. The summed E-state index contributed by atoms with van der Waals surface area (Å²) in [6, 6.07) is 7.99. The zero-order valence-corrected chi connectivity index (χ0v) is 15.5. The van der Waals surface area contributed by atoms with Crippen LogP contribution in [0.15, 0.2) is 48.2 Å². The van der Waals surface area contributed by atoms with E-state index >= 15 is 0 Å². The molecule has 1 aliphatic carbocycles. The summed E-state index contributed by atoms with van der Waals surface area (Å²) < 4.78 is 6.34. The van der Waals surface area contributed by atoms with E-state index in [2.05, 4.69) is 15.0 Å². The van der Waals surface area contributed by atoms with Crippen molar-refractivity contribution in [3.05, 3.63) is 59.5 Å². The Morgan fingerprint density at radius 3 is 2.89 bits per heavy atom. The van der Waals surface area contributed by atoms with Crippen LogP contribution in [0.4, 0.5) is 0 Å². The molecule has 1 amide bonds. The molecule has 2 aliphatic rings. The average Bonchev–Trinajstić information content (AvgIpc) is 3.09. The summed E-state index contributed by atoms with van der Waals surface area (Å²) in [5.41, 5.74) is 1.92. The van der Waals surface area contributed by atoms with E-state index in [0.29, 0.717) is 29.5 Å². The predicted octanol–water partition coefficient (Wildman–Crippen LogP) is 3.56. The Labute approximate surface area is 160 Å². The fraction of sp³-hybridized carbons (Fsp3) is 0.300. The molecule has 3 aromatic rings. The molecule has 0 atom stereocenters. The summed E-state index contributed by atoms with van der Waals surface area (Å²) in [6.45, 7) is 1.13. The summed E-state index contributed by atoms with van der Waals surface area (Å²) in [7, 11) is 0. The molecule has 3 heterocycles. The lowest BCUT2D eigenvalue weighted by Gasteiger charge is -2.42. The van der Waals surface area contributed by atoms with Gasteiger partial charge in [0.15, 0.2) is 0 Å². The molecular formula is C20H18N4O2S. The predicted molar refractivity (Wildman–Crippen MR) is 102 cm³/mol. The van der Waals surface area contributed by atoms with E-state index < -0.39 is 0 Å². The number of para-hydroxylation sites is 1. The van der Waals surface area contributed by atoms with Gasteiger partial charge in [-0.2, -0.15) is 0 Å². The van der Waals surface area contributed by atoms with Crippen molar-refractivity contribution in [1.29, 1.82) is 0 Å². The van der Waals surface area contributed by atoms with Crippen molar-refractivity contribution in [2.24, 2.45) is 0 Å². The van der Waals surface area contributed by atoms with Gasteiger partial charge in [0.25, 0.3) is 5.91 Å². The third-order valence-electron chi connectivity index (χ3n) is 5.20. The van der Waals surface area contributed by atoms with Gasteiger partial charge in [0.05, 0.1) is 12.7 Å². The third kappa shape index (κ3) is 2.98. The number of ether oxygens (including phenoxy) is 1. The van der Waals surface area contributed by atoms with Crippen molar-refractivity contribution < 1.29 is 9.53 Å². The van der Waals surface area contributed by atoms with Crippen molar-refractivity contribution >= 4 is 17.2 Å². The maximum absolute atomic E-state index is 13.2. The van der Waals surface area contributed by atoms with Crippen LogP contribution >= 0.6 is 11.3 Å². The Morgan fingerprint density at radius 1 is 1.22 bits per heavy atom. The van der Waals surface area contributed by atoms with Gasteiger partial charge in [0.2, 0.25) is 0 Å². The minimum atomic E-state index is -0.258. The maximum atomic E-state index is 13.2. The molecule has 136 valence electrons. The van der Waals surface area contributed by atoms with Gasteiger partial charge in [-0.25, -0.2) is 4.98 Å². The monoisotopic (exact) mass is 378 g/mol. The second kappa shape index (κ2) is 6.42. The molecule has 0 saturated heterocycles. The van der Waals surface area contributed by atoms with Crippen LogP contribution in [0, 0.1) is 0 Å². The van der Waals surface area contributed by atoms with Crippen molar-refractivity contribution in [3.8, 4) is 16.5 Å². The fourth-order valence-corrected chi connectivity index (χ4v) is 4.40. The molecule has 7 heteroatoms.